The Morgan fingerprint density at radius 1 is 1.24 bits per heavy atom. The second-order valence-corrected chi connectivity index (χ2v) is 5.58. The monoisotopic (exact) mass is 282 g/mol. The first-order valence-electron chi connectivity index (χ1n) is 7.62. The van der Waals surface area contributed by atoms with E-state index in [4.69, 9.17) is 4.74 Å². The lowest BCUT2D eigenvalue weighted by atomic mass is 9.95. The Morgan fingerprint density at radius 3 is 2.86 bits per heavy atom. The first-order valence-corrected chi connectivity index (χ1v) is 7.62. The molecule has 2 heterocycles. The van der Waals surface area contributed by atoms with Gasteiger partial charge in [-0.15, -0.1) is 0 Å². The molecule has 0 bridgehead atoms. The van der Waals surface area contributed by atoms with Crippen LogP contribution in [0.2, 0.25) is 0 Å². The molecular weight excluding hydrogens is 260 g/mol. The SMILES string of the molecule is CCNC(c1ccc2c(c1)CCO2)c1ccc(C)nc1C. The Morgan fingerprint density at radius 2 is 2.10 bits per heavy atom. The van der Waals surface area contributed by atoms with Crippen LogP contribution in [0.1, 0.15) is 41.0 Å². The summed E-state index contributed by atoms with van der Waals surface area (Å²) in [6, 6.07) is 11.0. The molecule has 3 nitrogen and oxygen atoms in total. The highest BCUT2D eigenvalue weighted by Gasteiger charge is 2.19. The summed E-state index contributed by atoms with van der Waals surface area (Å²) in [5.41, 5.74) is 6.01. The number of pyridine rings is 1. The number of hydrogen-bond donors (Lipinski definition) is 1. The Labute approximate surface area is 126 Å². The maximum atomic E-state index is 5.61. The largest absolute Gasteiger partial charge is 0.493 e. The Balaban J connectivity index is 2.01. The normalized spacial score (nSPS) is 14.6. The molecule has 1 aliphatic rings. The van der Waals surface area contributed by atoms with Gasteiger partial charge >= 0.3 is 0 Å². The third-order valence-electron chi connectivity index (χ3n) is 4.03. The second-order valence-electron chi connectivity index (χ2n) is 5.58. The minimum atomic E-state index is 0.189. The zero-order valence-corrected chi connectivity index (χ0v) is 12.9. The topological polar surface area (TPSA) is 34.1 Å². The molecule has 110 valence electrons. The smallest absolute Gasteiger partial charge is 0.122 e. The Hall–Kier alpha value is -1.87. The molecule has 1 aromatic carbocycles. The summed E-state index contributed by atoms with van der Waals surface area (Å²) < 4.78 is 5.61. The highest BCUT2D eigenvalue weighted by molar-refractivity contribution is 5.44. The van der Waals surface area contributed by atoms with Gasteiger partial charge in [0.15, 0.2) is 0 Å². The van der Waals surface area contributed by atoms with Crippen LogP contribution in [0.5, 0.6) is 5.75 Å². The zero-order valence-electron chi connectivity index (χ0n) is 12.9. The van der Waals surface area contributed by atoms with Gasteiger partial charge in [0.1, 0.15) is 5.75 Å². The molecule has 1 atom stereocenters. The molecule has 0 radical (unpaired) electrons. The van der Waals surface area contributed by atoms with Crippen molar-refractivity contribution in [2.45, 2.75) is 33.2 Å². The van der Waals surface area contributed by atoms with Gasteiger partial charge in [0, 0.05) is 17.8 Å². The predicted octanol–water partition coefficient (Wildman–Crippen LogP) is 3.33. The van der Waals surface area contributed by atoms with E-state index < -0.39 is 0 Å². The van der Waals surface area contributed by atoms with E-state index >= 15 is 0 Å². The van der Waals surface area contributed by atoms with E-state index in [2.05, 4.69) is 54.5 Å². The van der Waals surface area contributed by atoms with Gasteiger partial charge in [-0.1, -0.05) is 25.1 Å². The van der Waals surface area contributed by atoms with E-state index in [0.717, 1.165) is 36.7 Å². The fourth-order valence-electron chi connectivity index (χ4n) is 3.00. The lowest BCUT2D eigenvalue weighted by molar-refractivity contribution is 0.357. The van der Waals surface area contributed by atoms with Gasteiger partial charge in [-0.2, -0.15) is 0 Å². The van der Waals surface area contributed by atoms with Gasteiger partial charge in [-0.05, 0) is 49.2 Å². The van der Waals surface area contributed by atoms with Crippen molar-refractivity contribution >= 4 is 0 Å². The van der Waals surface area contributed by atoms with Crippen molar-refractivity contribution < 1.29 is 4.74 Å². The van der Waals surface area contributed by atoms with Crippen LogP contribution in [0.3, 0.4) is 0 Å². The molecule has 1 aliphatic heterocycles. The van der Waals surface area contributed by atoms with Crippen molar-refractivity contribution in [2.24, 2.45) is 0 Å². The third kappa shape index (κ3) is 2.79. The molecule has 0 aliphatic carbocycles. The quantitative estimate of drug-likeness (QED) is 0.934. The third-order valence-corrected chi connectivity index (χ3v) is 4.03. The maximum Gasteiger partial charge on any atom is 0.122 e. The number of aryl methyl sites for hydroxylation is 2. The number of hydrogen-bond acceptors (Lipinski definition) is 3. The van der Waals surface area contributed by atoms with Crippen LogP contribution in [0.15, 0.2) is 30.3 Å². The van der Waals surface area contributed by atoms with Gasteiger partial charge < -0.3 is 10.1 Å². The van der Waals surface area contributed by atoms with Crippen molar-refractivity contribution in [3.05, 3.63) is 58.4 Å². The first kappa shape index (κ1) is 14.1. The predicted molar refractivity (Wildman–Crippen MR) is 84.9 cm³/mol. The lowest BCUT2D eigenvalue weighted by Gasteiger charge is -2.21. The standard InChI is InChI=1S/C18H22N2O/c1-4-19-18(16-7-5-12(2)20-13(16)3)15-6-8-17-14(11-15)9-10-21-17/h5-8,11,18-19H,4,9-10H2,1-3H3. The molecule has 0 fully saturated rings. The molecule has 21 heavy (non-hydrogen) atoms. The van der Waals surface area contributed by atoms with Crippen LogP contribution in [-0.4, -0.2) is 18.1 Å². The molecule has 3 heteroatoms. The van der Waals surface area contributed by atoms with Crippen molar-refractivity contribution in [3.63, 3.8) is 0 Å². The minimum Gasteiger partial charge on any atom is -0.493 e. The lowest BCUT2D eigenvalue weighted by Crippen LogP contribution is -2.23. The van der Waals surface area contributed by atoms with Gasteiger partial charge in [-0.25, -0.2) is 0 Å². The average Bonchev–Trinajstić information content (AvgIpc) is 2.93. The van der Waals surface area contributed by atoms with Crippen LogP contribution in [0.4, 0.5) is 0 Å². The van der Waals surface area contributed by atoms with E-state index in [9.17, 15) is 0 Å². The highest BCUT2D eigenvalue weighted by Crippen LogP contribution is 2.31. The highest BCUT2D eigenvalue weighted by atomic mass is 16.5. The number of nitrogens with zero attached hydrogens (tertiary/aromatic N) is 1. The van der Waals surface area contributed by atoms with Gasteiger partial charge in [0.05, 0.1) is 12.6 Å². The molecule has 0 amide bonds. The van der Waals surface area contributed by atoms with Crippen LogP contribution < -0.4 is 10.1 Å². The molecule has 1 unspecified atom stereocenters. The molecule has 0 saturated carbocycles. The number of fused-ring (bicyclic) bond motifs is 1. The molecular formula is C18H22N2O. The summed E-state index contributed by atoms with van der Waals surface area (Å²) in [4.78, 5) is 4.61. The molecule has 0 spiro atoms. The van der Waals surface area contributed by atoms with Gasteiger partial charge in [0.2, 0.25) is 0 Å². The average molecular weight is 282 g/mol. The Bertz CT molecular complexity index is 652. The summed E-state index contributed by atoms with van der Waals surface area (Å²) in [6.45, 7) is 7.98. The van der Waals surface area contributed by atoms with Crippen molar-refractivity contribution in [1.82, 2.24) is 10.3 Å². The van der Waals surface area contributed by atoms with E-state index in [1.165, 1.54) is 16.7 Å². The number of nitrogens with one attached hydrogen (secondary N) is 1. The maximum absolute atomic E-state index is 5.61. The fraction of sp³-hybridized carbons (Fsp3) is 0.389. The summed E-state index contributed by atoms with van der Waals surface area (Å²) in [7, 11) is 0. The Kier molecular flexibility index (Phi) is 3.93. The van der Waals surface area contributed by atoms with Crippen LogP contribution in [0, 0.1) is 13.8 Å². The summed E-state index contributed by atoms with van der Waals surface area (Å²) >= 11 is 0. The molecule has 1 aromatic heterocycles. The van der Waals surface area contributed by atoms with E-state index in [1.54, 1.807) is 0 Å². The minimum absolute atomic E-state index is 0.189. The summed E-state index contributed by atoms with van der Waals surface area (Å²) in [6.07, 6.45) is 1.01. The second kappa shape index (κ2) is 5.86. The number of rotatable bonds is 4. The van der Waals surface area contributed by atoms with Crippen LogP contribution >= 0.6 is 0 Å². The molecule has 0 saturated heterocycles. The van der Waals surface area contributed by atoms with Gasteiger partial charge in [0.25, 0.3) is 0 Å². The van der Waals surface area contributed by atoms with Crippen molar-refractivity contribution in [2.75, 3.05) is 13.2 Å². The van der Waals surface area contributed by atoms with E-state index in [0.29, 0.717) is 0 Å². The van der Waals surface area contributed by atoms with E-state index in [1.807, 2.05) is 6.92 Å². The van der Waals surface area contributed by atoms with Crippen LogP contribution in [0.25, 0.3) is 0 Å². The zero-order chi connectivity index (χ0) is 14.8. The van der Waals surface area contributed by atoms with Gasteiger partial charge in [-0.3, -0.25) is 4.98 Å². The molecule has 2 aromatic rings. The number of benzene rings is 1. The first-order chi connectivity index (χ1) is 10.2. The molecule has 1 N–H and O–H groups in total. The van der Waals surface area contributed by atoms with Crippen LogP contribution in [-0.2, 0) is 6.42 Å². The fourth-order valence-corrected chi connectivity index (χ4v) is 3.00. The van der Waals surface area contributed by atoms with Crippen molar-refractivity contribution in [3.8, 4) is 5.75 Å². The van der Waals surface area contributed by atoms with Crippen molar-refractivity contribution in [1.29, 1.82) is 0 Å². The number of ether oxygens (including phenoxy) is 1. The molecule has 3 rings (SSSR count). The number of aromatic nitrogens is 1. The van der Waals surface area contributed by atoms with E-state index in [-0.39, 0.29) is 6.04 Å². The summed E-state index contributed by atoms with van der Waals surface area (Å²) in [5.74, 6) is 1.03. The summed E-state index contributed by atoms with van der Waals surface area (Å²) in [5, 5.41) is 3.59.